The van der Waals surface area contributed by atoms with E-state index in [1.165, 1.54) is 11.1 Å². The van der Waals surface area contributed by atoms with Gasteiger partial charge in [0.15, 0.2) is 0 Å². The maximum Gasteiger partial charge on any atom is 0.337 e. The Morgan fingerprint density at radius 3 is 2.09 bits per heavy atom. The van der Waals surface area contributed by atoms with E-state index < -0.39 is 5.97 Å². The number of carboxylic acids is 1. The molecule has 0 aliphatic carbocycles. The van der Waals surface area contributed by atoms with Gasteiger partial charge < -0.3 is 10.4 Å². The van der Waals surface area contributed by atoms with Crippen molar-refractivity contribution in [2.45, 2.75) is 6.54 Å². The summed E-state index contributed by atoms with van der Waals surface area (Å²) in [7, 11) is 0. The lowest BCUT2D eigenvalue weighted by Gasteiger charge is -2.10. The summed E-state index contributed by atoms with van der Waals surface area (Å²) in [6.07, 6.45) is 0. The maximum absolute atomic E-state index is 11.2. The highest BCUT2D eigenvalue weighted by atomic mass is 16.4. The van der Waals surface area contributed by atoms with Crippen LogP contribution in [-0.4, -0.2) is 11.1 Å². The lowest BCUT2D eigenvalue weighted by Crippen LogP contribution is -2.06. The third kappa shape index (κ3) is 3.58. The minimum atomic E-state index is -0.924. The summed E-state index contributed by atoms with van der Waals surface area (Å²) in [4.78, 5) is 11.2. The molecule has 0 saturated heterocycles. The van der Waals surface area contributed by atoms with Gasteiger partial charge in [0, 0.05) is 12.2 Å². The highest BCUT2D eigenvalue weighted by molar-refractivity contribution is 5.94. The molecule has 3 aromatic rings. The Kier molecular flexibility index (Phi) is 4.39. The second-order valence-corrected chi connectivity index (χ2v) is 5.27. The number of nitrogens with one attached hydrogen (secondary N) is 1. The predicted molar refractivity (Wildman–Crippen MR) is 92.6 cm³/mol. The van der Waals surface area contributed by atoms with Crippen LogP contribution in [0, 0.1) is 0 Å². The largest absolute Gasteiger partial charge is 0.478 e. The molecule has 0 fully saturated rings. The van der Waals surface area contributed by atoms with Crippen LogP contribution in [0.15, 0.2) is 78.9 Å². The van der Waals surface area contributed by atoms with E-state index in [0.29, 0.717) is 12.2 Å². The fourth-order valence-corrected chi connectivity index (χ4v) is 2.47. The molecule has 114 valence electrons. The molecular formula is C20H17NO2. The normalized spacial score (nSPS) is 10.3. The summed E-state index contributed by atoms with van der Waals surface area (Å²) in [5, 5.41) is 12.4. The van der Waals surface area contributed by atoms with E-state index in [1.54, 1.807) is 18.2 Å². The van der Waals surface area contributed by atoms with Crippen molar-refractivity contribution in [3.63, 3.8) is 0 Å². The van der Waals surface area contributed by atoms with Crippen molar-refractivity contribution in [1.29, 1.82) is 0 Å². The molecule has 3 rings (SSSR count). The predicted octanol–water partition coefficient (Wildman–Crippen LogP) is 4.66. The van der Waals surface area contributed by atoms with Gasteiger partial charge in [-0.2, -0.15) is 0 Å². The monoisotopic (exact) mass is 303 g/mol. The van der Waals surface area contributed by atoms with Crippen LogP contribution >= 0.6 is 0 Å². The first-order valence-corrected chi connectivity index (χ1v) is 7.44. The number of carboxylic acid groups (broad SMARTS) is 1. The maximum atomic E-state index is 11.2. The van der Waals surface area contributed by atoms with Crippen LogP contribution in [0.5, 0.6) is 0 Å². The van der Waals surface area contributed by atoms with Crippen molar-refractivity contribution < 1.29 is 9.90 Å². The average Bonchev–Trinajstić information content (AvgIpc) is 2.61. The molecule has 0 heterocycles. The molecule has 2 N–H and O–H groups in total. The zero-order valence-electron chi connectivity index (χ0n) is 12.6. The lowest BCUT2D eigenvalue weighted by molar-refractivity contribution is 0.0698. The zero-order valence-corrected chi connectivity index (χ0v) is 12.6. The molecule has 0 aliphatic rings. The van der Waals surface area contributed by atoms with Gasteiger partial charge in [-0.15, -0.1) is 0 Å². The molecule has 3 heteroatoms. The first-order chi connectivity index (χ1) is 11.2. The van der Waals surface area contributed by atoms with Crippen molar-refractivity contribution >= 4 is 11.7 Å². The molecule has 0 saturated carbocycles. The highest BCUT2D eigenvalue weighted by Crippen LogP contribution is 2.20. The topological polar surface area (TPSA) is 49.3 Å². The molecule has 0 aromatic heterocycles. The lowest BCUT2D eigenvalue weighted by atomic mass is 10.0. The van der Waals surface area contributed by atoms with E-state index in [1.807, 2.05) is 24.3 Å². The summed E-state index contributed by atoms with van der Waals surface area (Å²) in [6, 6.07) is 25.4. The van der Waals surface area contributed by atoms with Gasteiger partial charge in [-0.05, 0) is 28.8 Å². The Morgan fingerprint density at radius 2 is 1.39 bits per heavy atom. The van der Waals surface area contributed by atoms with Gasteiger partial charge >= 0.3 is 5.97 Å². The Labute approximate surface area is 135 Å². The van der Waals surface area contributed by atoms with Crippen LogP contribution in [0.3, 0.4) is 0 Å². The van der Waals surface area contributed by atoms with Crippen LogP contribution in [0.25, 0.3) is 11.1 Å². The summed E-state index contributed by atoms with van der Waals surface area (Å²) in [6.45, 7) is 0.583. The fraction of sp³-hybridized carbons (Fsp3) is 0.0500. The molecule has 0 amide bonds. The molecule has 0 unspecified atom stereocenters. The quantitative estimate of drug-likeness (QED) is 0.720. The molecule has 0 spiro atoms. The standard InChI is InChI=1S/C20H17NO2/c22-20(23)18-8-4-5-9-19(18)21-14-15-10-12-17(13-11-15)16-6-2-1-3-7-16/h1-13,21H,14H2,(H,22,23). The second-order valence-electron chi connectivity index (χ2n) is 5.27. The van der Waals surface area contributed by atoms with Crippen molar-refractivity contribution in [3.8, 4) is 11.1 Å². The third-order valence-electron chi connectivity index (χ3n) is 3.70. The molecular weight excluding hydrogens is 286 g/mol. The van der Waals surface area contributed by atoms with Crippen LogP contribution in [0.1, 0.15) is 15.9 Å². The average molecular weight is 303 g/mol. The highest BCUT2D eigenvalue weighted by Gasteiger charge is 2.08. The Hall–Kier alpha value is -3.07. The minimum absolute atomic E-state index is 0.286. The fourth-order valence-electron chi connectivity index (χ4n) is 2.47. The number of carbonyl (C=O) groups is 1. The number of anilines is 1. The summed E-state index contributed by atoms with van der Waals surface area (Å²) < 4.78 is 0. The number of para-hydroxylation sites is 1. The second kappa shape index (κ2) is 6.79. The zero-order chi connectivity index (χ0) is 16.1. The molecule has 0 bridgehead atoms. The number of benzene rings is 3. The van der Waals surface area contributed by atoms with Gasteiger partial charge in [0.25, 0.3) is 0 Å². The first kappa shape index (κ1) is 14.9. The summed E-state index contributed by atoms with van der Waals surface area (Å²) >= 11 is 0. The van der Waals surface area contributed by atoms with Crippen molar-refractivity contribution in [2.24, 2.45) is 0 Å². The molecule has 0 atom stereocenters. The Balaban J connectivity index is 1.71. The number of hydrogen-bond donors (Lipinski definition) is 2. The van der Waals surface area contributed by atoms with Gasteiger partial charge in [0.1, 0.15) is 0 Å². The molecule has 0 radical (unpaired) electrons. The summed E-state index contributed by atoms with van der Waals surface area (Å²) in [5.41, 5.74) is 4.37. The Morgan fingerprint density at radius 1 is 0.783 bits per heavy atom. The van der Waals surface area contributed by atoms with E-state index in [-0.39, 0.29) is 5.56 Å². The van der Waals surface area contributed by atoms with E-state index in [4.69, 9.17) is 0 Å². The molecule has 0 aliphatic heterocycles. The van der Waals surface area contributed by atoms with E-state index in [9.17, 15) is 9.90 Å². The van der Waals surface area contributed by atoms with Crippen molar-refractivity contribution in [2.75, 3.05) is 5.32 Å². The molecule has 23 heavy (non-hydrogen) atoms. The van der Waals surface area contributed by atoms with Crippen molar-refractivity contribution in [3.05, 3.63) is 90.0 Å². The smallest absolute Gasteiger partial charge is 0.337 e. The van der Waals surface area contributed by atoms with E-state index in [0.717, 1.165) is 5.56 Å². The number of hydrogen-bond acceptors (Lipinski definition) is 2. The third-order valence-corrected chi connectivity index (χ3v) is 3.70. The van der Waals surface area contributed by atoms with E-state index >= 15 is 0 Å². The molecule has 3 nitrogen and oxygen atoms in total. The minimum Gasteiger partial charge on any atom is -0.478 e. The number of rotatable bonds is 5. The van der Waals surface area contributed by atoms with Crippen LogP contribution in [0.2, 0.25) is 0 Å². The van der Waals surface area contributed by atoms with Crippen LogP contribution in [-0.2, 0) is 6.54 Å². The van der Waals surface area contributed by atoms with Gasteiger partial charge in [-0.25, -0.2) is 4.79 Å². The van der Waals surface area contributed by atoms with Crippen LogP contribution < -0.4 is 5.32 Å². The van der Waals surface area contributed by atoms with Gasteiger partial charge in [-0.3, -0.25) is 0 Å². The van der Waals surface area contributed by atoms with Crippen molar-refractivity contribution in [1.82, 2.24) is 0 Å². The number of aromatic carboxylic acids is 1. The van der Waals surface area contributed by atoms with Gasteiger partial charge in [0.2, 0.25) is 0 Å². The van der Waals surface area contributed by atoms with Gasteiger partial charge in [-0.1, -0.05) is 66.7 Å². The van der Waals surface area contributed by atoms with Gasteiger partial charge in [0.05, 0.1) is 5.56 Å². The van der Waals surface area contributed by atoms with Crippen LogP contribution in [0.4, 0.5) is 5.69 Å². The first-order valence-electron chi connectivity index (χ1n) is 7.44. The SMILES string of the molecule is O=C(O)c1ccccc1NCc1ccc(-c2ccccc2)cc1. The Bertz CT molecular complexity index is 795. The summed E-state index contributed by atoms with van der Waals surface area (Å²) in [5.74, 6) is -0.924. The molecule has 3 aromatic carbocycles. The van der Waals surface area contributed by atoms with E-state index in [2.05, 4.69) is 41.7 Å².